The van der Waals surface area contributed by atoms with Gasteiger partial charge in [-0.2, -0.15) is 0 Å². The lowest BCUT2D eigenvalue weighted by atomic mass is 10.2. The van der Waals surface area contributed by atoms with Gasteiger partial charge in [-0.3, -0.25) is 4.79 Å². The van der Waals surface area contributed by atoms with Crippen LogP contribution < -0.4 is 4.74 Å². The van der Waals surface area contributed by atoms with Crippen molar-refractivity contribution in [2.24, 2.45) is 7.05 Å². The van der Waals surface area contributed by atoms with Gasteiger partial charge in [0.05, 0.1) is 0 Å². The van der Waals surface area contributed by atoms with Gasteiger partial charge in [0.25, 0.3) is 0 Å². The predicted molar refractivity (Wildman–Crippen MR) is 98.8 cm³/mol. The van der Waals surface area contributed by atoms with E-state index < -0.39 is 0 Å². The van der Waals surface area contributed by atoms with E-state index in [1.807, 2.05) is 73.3 Å². The Kier molecular flexibility index (Phi) is 5.63. The Morgan fingerprint density at radius 1 is 1.08 bits per heavy atom. The van der Waals surface area contributed by atoms with Crippen LogP contribution in [-0.4, -0.2) is 32.6 Å². The maximum atomic E-state index is 12.3. The van der Waals surface area contributed by atoms with E-state index in [0.717, 1.165) is 22.9 Å². The average molecular weight is 350 g/mol. The molecule has 0 spiro atoms. The molecule has 1 aromatic heterocycles. The topological polar surface area (TPSA) is 60.2 Å². The van der Waals surface area contributed by atoms with E-state index in [0.29, 0.717) is 19.4 Å². The number of ether oxygens (including phenoxy) is 1. The van der Waals surface area contributed by atoms with Crippen LogP contribution in [0.4, 0.5) is 0 Å². The summed E-state index contributed by atoms with van der Waals surface area (Å²) in [6.45, 7) is 0.559. The first-order chi connectivity index (χ1) is 12.6. The molecule has 0 aliphatic rings. The van der Waals surface area contributed by atoms with E-state index in [2.05, 4.69) is 10.2 Å². The van der Waals surface area contributed by atoms with Crippen LogP contribution >= 0.6 is 0 Å². The van der Waals surface area contributed by atoms with Crippen LogP contribution in [0.15, 0.2) is 60.9 Å². The molecule has 0 saturated heterocycles. The average Bonchev–Trinajstić information content (AvgIpc) is 3.07. The molecule has 0 N–H and O–H groups in total. The molecule has 3 aromatic rings. The smallest absolute Gasteiger partial charge is 0.223 e. The van der Waals surface area contributed by atoms with Crippen LogP contribution in [0.2, 0.25) is 0 Å². The standard InChI is InChI=1S/C20H22N4O2/c1-23(20(25)13-12-19-22-21-15-24(19)2)14-16-8-10-18(11-9-16)26-17-6-4-3-5-7-17/h3-11,15H,12-14H2,1-2H3. The summed E-state index contributed by atoms with van der Waals surface area (Å²) >= 11 is 0. The summed E-state index contributed by atoms with van der Waals surface area (Å²) in [5.74, 6) is 2.47. The van der Waals surface area contributed by atoms with Crippen molar-refractivity contribution in [2.45, 2.75) is 19.4 Å². The molecular formula is C20H22N4O2. The number of carbonyl (C=O) groups excluding carboxylic acids is 1. The fraction of sp³-hybridized carbons (Fsp3) is 0.250. The SMILES string of the molecule is CN(Cc1ccc(Oc2ccccc2)cc1)C(=O)CCc1nncn1C. The molecular weight excluding hydrogens is 328 g/mol. The number of rotatable bonds is 7. The molecule has 6 heteroatoms. The van der Waals surface area contributed by atoms with E-state index in [-0.39, 0.29) is 5.91 Å². The van der Waals surface area contributed by atoms with E-state index in [1.54, 1.807) is 11.2 Å². The summed E-state index contributed by atoms with van der Waals surface area (Å²) in [4.78, 5) is 14.0. The highest BCUT2D eigenvalue weighted by Gasteiger charge is 2.11. The molecule has 0 aliphatic heterocycles. The minimum absolute atomic E-state index is 0.0811. The lowest BCUT2D eigenvalue weighted by molar-refractivity contribution is -0.130. The third-order valence-corrected chi connectivity index (χ3v) is 4.12. The number of hydrogen-bond acceptors (Lipinski definition) is 4. The molecule has 0 atom stereocenters. The van der Waals surface area contributed by atoms with Gasteiger partial charge in [-0.05, 0) is 29.8 Å². The lowest BCUT2D eigenvalue weighted by Crippen LogP contribution is -2.26. The van der Waals surface area contributed by atoms with Crippen LogP contribution in [0.3, 0.4) is 0 Å². The number of aryl methyl sites for hydroxylation is 2. The second kappa shape index (κ2) is 8.29. The zero-order chi connectivity index (χ0) is 18.4. The molecule has 1 heterocycles. The monoisotopic (exact) mass is 350 g/mol. The fourth-order valence-corrected chi connectivity index (χ4v) is 2.59. The summed E-state index contributed by atoms with van der Waals surface area (Å²) in [7, 11) is 3.69. The first-order valence-electron chi connectivity index (χ1n) is 8.50. The minimum Gasteiger partial charge on any atom is -0.457 e. The third kappa shape index (κ3) is 4.69. The molecule has 0 saturated carbocycles. The Morgan fingerprint density at radius 3 is 2.42 bits per heavy atom. The maximum Gasteiger partial charge on any atom is 0.223 e. The summed E-state index contributed by atoms with van der Waals surface area (Å²) in [5.41, 5.74) is 1.06. The Morgan fingerprint density at radius 2 is 1.77 bits per heavy atom. The van der Waals surface area contributed by atoms with Crippen molar-refractivity contribution in [1.29, 1.82) is 0 Å². The molecule has 1 amide bonds. The van der Waals surface area contributed by atoms with Gasteiger partial charge < -0.3 is 14.2 Å². The summed E-state index contributed by atoms with van der Waals surface area (Å²) in [5, 5.41) is 7.83. The Hall–Kier alpha value is -3.15. The van der Waals surface area contributed by atoms with Crippen LogP contribution in [0.25, 0.3) is 0 Å². The Labute approximate surface area is 153 Å². The second-order valence-electron chi connectivity index (χ2n) is 6.17. The first kappa shape index (κ1) is 17.7. The van der Waals surface area contributed by atoms with Crippen molar-refractivity contribution < 1.29 is 9.53 Å². The molecule has 134 valence electrons. The van der Waals surface area contributed by atoms with Crippen molar-refractivity contribution in [3.63, 3.8) is 0 Å². The van der Waals surface area contributed by atoms with Gasteiger partial charge in [-0.1, -0.05) is 30.3 Å². The molecule has 3 rings (SSSR count). The van der Waals surface area contributed by atoms with Crippen molar-refractivity contribution >= 4 is 5.91 Å². The van der Waals surface area contributed by atoms with Gasteiger partial charge in [0.1, 0.15) is 23.7 Å². The van der Waals surface area contributed by atoms with Gasteiger partial charge >= 0.3 is 0 Å². The number of carbonyl (C=O) groups is 1. The number of aromatic nitrogens is 3. The van der Waals surface area contributed by atoms with E-state index in [9.17, 15) is 4.79 Å². The molecule has 2 aromatic carbocycles. The largest absolute Gasteiger partial charge is 0.457 e. The quantitative estimate of drug-likeness (QED) is 0.656. The van der Waals surface area contributed by atoms with Crippen molar-refractivity contribution in [2.75, 3.05) is 7.05 Å². The van der Waals surface area contributed by atoms with Crippen molar-refractivity contribution in [1.82, 2.24) is 19.7 Å². The number of benzene rings is 2. The Balaban J connectivity index is 1.51. The highest BCUT2D eigenvalue weighted by atomic mass is 16.5. The van der Waals surface area contributed by atoms with Crippen LogP contribution in [0, 0.1) is 0 Å². The Bertz CT molecular complexity index is 844. The minimum atomic E-state index is 0.0811. The molecule has 0 radical (unpaired) electrons. The van der Waals surface area contributed by atoms with Crippen molar-refractivity contribution in [3.05, 3.63) is 72.3 Å². The molecule has 0 bridgehead atoms. The van der Waals surface area contributed by atoms with E-state index in [1.165, 1.54) is 0 Å². The number of para-hydroxylation sites is 1. The van der Waals surface area contributed by atoms with Gasteiger partial charge in [0, 0.05) is 33.5 Å². The van der Waals surface area contributed by atoms with Gasteiger partial charge in [-0.25, -0.2) is 0 Å². The normalized spacial score (nSPS) is 10.5. The van der Waals surface area contributed by atoms with Crippen LogP contribution in [-0.2, 0) is 24.8 Å². The summed E-state index contributed by atoms with van der Waals surface area (Å²) in [6, 6.07) is 17.4. The van der Waals surface area contributed by atoms with Gasteiger partial charge in [0.2, 0.25) is 5.91 Å². The lowest BCUT2D eigenvalue weighted by Gasteiger charge is -2.17. The second-order valence-corrected chi connectivity index (χ2v) is 6.17. The van der Waals surface area contributed by atoms with E-state index >= 15 is 0 Å². The van der Waals surface area contributed by atoms with Gasteiger partial charge in [-0.15, -0.1) is 10.2 Å². The highest BCUT2D eigenvalue weighted by molar-refractivity contribution is 5.76. The summed E-state index contributed by atoms with van der Waals surface area (Å²) in [6.07, 6.45) is 2.64. The van der Waals surface area contributed by atoms with Crippen molar-refractivity contribution in [3.8, 4) is 11.5 Å². The van der Waals surface area contributed by atoms with Crippen LogP contribution in [0.5, 0.6) is 11.5 Å². The molecule has 6 nitrogen and oxygen atoms in total. The zero-order valence-electron chi connectivity index (χ0n) is 15.0. The third-order valence-electron chi connectivity index (χ3n) is 4.12. The fourth-order valence-electron chi connectivity index (χ4n) is 2.59. The number of amides is 1. The predicted octanol–water partition coefficient (Wildman–Crippen LogP) is 3.20. The number of hydrogen-bond donors (Lipinski definition) is 0. The zero-order valence-corrected chi connectivity index (χ0v) is 15.0. The highest BCUT2D eigenvalue weighted by Crippen LogP contribution is 2.21. The molecule has 26 heavy (non-hydrogen) atoms. The summed E-state index contributed by atoms with van der Waals surface area (Å²) < 4.78 is 7.61. The molecule has 0 fully saturated rings. The molecule has 0 aliphatic carbocycles. The van der Waals surface area contributed by atoms with Crippen LogP contribution in [0.1, 0.15) is 17.8 Å². The first-order valence-corrected chi connectivity index (χ1v) is 8.50. The van der Waals surface area contributed by atoms with E-state index in [4.69, 9.17) is 4.74 Å². The maximum absolute atomic E-state index is 12.3. The number of nitrogens with zero attached hydrogens (tertiary/aromatic N) is 4. The molecule has 0 unspecified atom stereocenters. The van der Waals surface area contributed by atoms with Gasteiger partial charge in [0.15, 0.2) is 0 Å².